The van der Waals surface area contributed by atoms with Crippen molar-refractivity contribution in [3.63, 3.8) is 0 Å². The Bertz CT molecular complexity index is 646. The highest BCUT2D eigenvalue weighted by molar-refractivity contribution is 5.87. The standard InChI is InChI=1S/C10H6F3NO3/c11-10(12,13)4-1-2-5-6(3-4)17-9(16)7(14)8(5)15/h1-3,15H,14H2. The van der Waals surface area contributed by atoms with E-state index in [1.807, 2.05) is 0 Å². The highest BCUT2D eigenvalue weighted by atomic mass is 19.4. The first kappa shape index (κ1) is 11.3. The highest BCUT2D eigenvalue weighted by Gasteiger charge is 2.31. The molecule has 0 unspecified atom stereocenters. The molecule has 4 nitrogen and oxygen atoms in total. The molecular weight excluding hydrogens is 239 g/mol. The van der Waals surface area contributed by atoms with Crippen molar-refractivity contribution < 1.29 is 22.7 Å². The second kappa shape index (κ2) is 3.41. The van der Waals surface area contributed by atoms with Crippen LogP contribution < -0.4 is 11.4 Å². The van der Waals surface area contributed by atoms with Crippen molar-refractivity contribution in [1.82, 2.24) is 0 Å². The summed E-state index contributed by atoms with van der Waals surface area (Å²) in [4.78, 5) is 11.1. The van der Waals surface area contributed by atoms with Crippen LogP contribution in [0.4, 0.5) is 18.9 Å². The zero-order chi connectivity index (χ0) is 12.8. The molecule has 17 heavy (non-hydrogen) atoms. The van der Waals surface area contributed by atoms with Crippen LogP contribution in [0.3, 0.4) is 0 Å². The van der Waals surface area contributed by atoms with Gasteiger partial charge in [-0.05, 0) is 18.2 Å². The normalized spacial score (nSPS) is 11.9. The number of aromatic hydroxyl groups is 1. The minimum absolute atomic E-state index is 0.0462. The molecule has 2 aromatic rings. The largest absolute Gasteiger partial charge is 0.505 e. The number of fused-ring (bicyclic) bond motifs is 1. The van der Waals surface area contributed by atoms with Crippen molar-refractivity contribution in [2.45, 2.75) is 6.18 Å². The first-order valence-electron chi connectivity index (χ1n) is 4.43. The van der Waals surface area contributed by atoms with Crippen LogP contribution in [0.15, 0.2) is 27.4 Å². The van der Waals surface area contributed by atoms with Gasteiger partial charge in [-0.2, -0.15) is 13.2 Å². The van der Waals surface area contributed by atoms with Gasteiger partial charge in [-0.1, -0.05) is 0 Å². The van der Waals surface area contributed by atoms with Crippen LogP contribution in [0.2, 0.25) is 0 Å². The van der Waals surface area contributed by atoms with Gasteiger partial charge in [-0.15, -0.1) is 0 Å². The second-order valence-corrected chi connectivity index (χ2v) is 3.36. The Morgan fingerprint density at radius 3 is 2.53 bits per heavy atom. The fourth-order valence-electron chi connectivity index (χ4n) is 1.38. The molecule has 0 aliphatic carbocycles. The van der Waals surface area contributed by atoms with E-state index in [0.717, 1.165) is 12.1 Å². The summed E-state index contributed by atoms with van der Waals surface area (Å²) in [6.45, 7) is 0. The van der Waals surface area contributed by atoms with Crippen LogP contribution in [0, 0.1) is 0 Å². The lowest BCUT2D eigenvalue weighted by Gasteiger charge is -2.08. The van der Waals surface area contributed by atoms with Crippen molar-refractivity contribution in [2.24, 2.45) is 0 Å². The van der Waals surface area contributed by atoms with Gasteiger partial charge < -0.3 is 15.3 Å². The lowest BCUT2D eigenvalue weighted by atomic mass is 10.1. The van der Waals surface area contributed by atoms with Crippen molar-refractivity contribution >= 4 is 16.7 Å². The Morgan fingerprint density at radius 1 is 1.29 bits per heavy atom. The van der Waals surface area contributed by atoms with Gasteiger partial charge in [0.25, 0.3) is 0 Å². The number of alkyl halides is 3. The van der Waals surface area contributed by atoms with E-state index in [0.29, 0.717) is 6.07 Å². The van der Waals surface area contributed by atoms with E-state index in [9.17, 15) is 23.1 Å². The predicted molar refractivity (Wildman–Crippen MR) is 53.6 cm³/mol. The Morgan fingerprint density at radius 2 is 1.94 bits per heavy atom. The number of hydrogen-bond donors (Lipinski definition) is 2. The SMILES string of the molecule is Nc1c(O)c2ccc(C(F)(F)F)cc2oc1=O. The number of halogens is 3. The number of nitrogen functional groups attached to an aromatic ring is 1. The summed E-state index contributed by atoms with van der Waals surface area (Å²) in [5, 5.41) is 9.42. The molecule has 0 spiro atoms. The minimum atomic E-state index is -4.55. The molecule has 0 saturated carbocycles. The third-order valence-corrected chi connectivity index (χ3v) is 2.24. The highest BCUT2D eigenvalue weighted by Crippen LogP contribution is 2.34. The van der Waals surface area contributed by atoms with Crippen molar-refractivity contribution in [3.05, 3.63) is 34.2 Å². The van der Waals surface area contributed by atoms with E-state index in [-0.39, 0.29) is 11.0 Å². The summed E-state index contributed by atoms with van der Waals surface area (Å²) in [6, 6.07) is 2.39. The van der Waals surface area contributed by atoms with Gasteiger partial charge in [-0.25, -0.2) is 4.79 Å². The fourth-order valence-corrected chi connectivity index (χ4v) is 1.38. The summed E-state index contributed by atoms with van der Waals surface area (Å²) in [7, 11) is 0. The molecule has 0 amide bonds. The molecule has 0 fully saturated rings. The molecule has 1 aromatic heterocycles. The third kappa shape index (κ3) is 1.79. The molecule has 3 N–H and O–H groups in total. The van der Waals surface area contributed by atoms with Crippen LogP contribution in [0.25, 0.3) is 11.0 Å². The number of rotatable bonds is 0. The fraction of sp³-hybridized carbons (Fsp3) is 0.100. The smallest absolute Gasteiger partial charge is 0.416 e. The maximum Gasteiger partial charge on any atom is 0.416 e. The molecule has 2 rings (SSSR count). The van der Waals surface area contributed by atoms with E-state index >= 15 is 0 Å². The quantitative estimate of drug-likeness (QED) is 0.697. The number of anilines is 1. The van der Waals surface area contributed by atoms with Crippen LogP contribution in [0.1, 0.15) is 5.56 Å². The summed E-state index contributed by atoms with van der Waals surface area (Å²) >= 11 is 0. The molecule has 0 atom stereocenters. The Labute approximate surface area is 92.1 Å². The summed E-state index contributed by atoms with van der Waals surface area (Å²) in [5.41, 5.74) is 2.25. The predicted octanol–water partition coefficient (Wildman–Crippen LogP) is 2.10. The molecular formula is C10H6F3NO3. The van der Waals surface area contributed by atoms with Crippen LogP contribution in [-0.4, -0.2) is 5.11 Å². The molecule has 1 aromatic carbocycles. The lowest BCUT2D eigenvalue weighted by Crippen LogP contribution is -2.08. The molecule has 0 aliphatic rings. The van der Waals surface area contributed by atoms with Crippen molar-refractivity contribution in [2.75, 3.05) is 5.73 Å². The molecule has 0 saturated heterocycles. The number of nitrogens with two attached hydrogens (primary N) is 1. The zero-order valence-electron chi connectivity index (χ0n) is 8.21. The monoisotopic (exact) mass is 245 g/mol. The lowest BCUT2D eigenvalue weighted by molar-refractivity contribution is -0.137. The molecule has 0 aliphatic heterocycles. The average molecular weight is 245 g/mol. The zero-order valence-corrected chi connectivity index (χ0v) is 8.21. The van der Waals surface area contributed by atoms with Gasteiger partial charge in [0.1, 0.15) is 5.58 Å². The van der Waals surface area contributed by atoms with Gasteiger partial charge in [0.05, 0.1) is 10.9 Å². The van der Waals surface area contributed by atoms with Crippen molar-refractivity contribution in [3.8, 4) is 5.75 Å². The van der Waals surface area contributed by atoms with E-state index in [1.54, 1.807) is 0 Å². The van der Waals surface area contributed by atoms with E-state index in [2.05, 4.69) is 4.42 Å². The molecule has 0 bridgehead atoms. The van der Waals surface area contributed by atoms with Gasteiger partial charge in [-0.3, -0.25) is 0 Å². The maximum atomic E-state index is 12.4. The third-order valence-electron chi connectivity index (χ3n) is 2.24. The van der Waals surface area contributed by atoms with Gasteiger partial charge in [0, 0.05) is 0 Å². The van der Waals surface area contributed by atoms with Crippen LogP contribution in [-0.2, 0) is 6.18 Å². The Balaban J connectivity index is 2.81. The number of hydrogen-bond acceptors (Lipinski definition) is 4. The Hall–Kier alpha value is -2.18. The minimum Gasteiger partial charge on any atom is -0.505 e. The first-order chi connectivity index (χ1) is 7.80. The van der Waals surface area contributed by atoms with Gasteiger partial charge in [0.2, 0.25) is 0 Å². The van der Waals surface area contributed by atoms with E-state index < -0.39 is 28.8 Å². The number of benzene rings is 1. The van der Waals surface area contributed by atoms with Crippen LogP contribution in [0.5, 0.6) is 5.75 Å². The van der Waals surface area contributed by atoms with Crippen molar-refractivity contribution in [1.29, 1.82) is 0 Å². The van der Waals surface area contributed by atoms with Crippen LogP contribution >= 0.6 is 0 Å². The van der Waals surface area contributed by atoms with Gasteiger partial charge in [0.15, 0.2) is 11.4 Å². The summed E-state index contributed by atoms with van der Waals surface area (Å²) in [5.74, 6) is -0.579. The summed E-state index contributed by atoms with van der Waals surface area (Å²) < 4.78 is 41.7. The summed E-state index contributed by atoms with van der Waals surface area (Å²) in [6.07, 6.45) is -4.55. The van der Waals surface area contributed by atoms with E-state index in [4.69, 9.17) is 5.73 Å². The Kier molecular flexibility index (Phi) is 2.27. The molecule has 0 radical (unpaired) electrons. The van der Waals surface area contributed by atoms with E-state index in [1.165, 1.54) is 0 Å². The average Bonchev–Trinajstić information content (AvgIpc) is 2.24. The second-order valence-electron chi connectivity index (χ2n) is 3.36. The topological polar surface area (TPSA) is 76.5 Å². The molecule has 90 valence electrons. The maximum absolute atomic E-state index is 12.4. The van der Waals surface area contributed by atoms with Gasteiger partial charge >= 0.3 is 11.8 Å². The molecule has 1 heterocycles. The molecule has 7 heteroatoms. The first-order valence-corrected chi connectivity index (χ1v) is 4.43.